The van der Waals surface area contributed by atoms with Gasteiger partial charge in [0.15, 0.2) is 5.82 Å². The topological polar surface area (TPSA) is 68.0 Å². The molecule has 0 saturated carbocycles. The predicted octanol–water partition coefficient (Wildman–Crippen LogP) is 2.40. The number of aromatic nitrogens is 2. The zero-order valence-corrected chi connectivity index (χ0v) is 12.7. The molecule has 19 heavy (non-hydrogen) atoms. The first-order valence-electron chi connectivity index (χ1n) is 5.62. The zero-order valence-electron chi connectivity index (χ0n) is 10.2. The molecule has 5 nitrogen and oxygen atoms in total. The van der Waals surface area contributed by atoms with Gasteiger partial charge in [0.05, 0.1) is 5.56 Å². The Hall–Kier alpha value is -1.34. The molecule has 1 aromatic carbocycles. The lowest BCUT2D eigenvalue weighted by Crippen LogP contribution is -2.26. The van der Waals surface area contributed by atoms with Crippen LogP contribution in [0.3, 0.4) is 0 Å². The molecule has 0 aliphatic carbocycles. The highest BCUT2D eigenvalue weighted by atomic mass is 79.9. The van der Waals surface area contributed by atoms with E-state index < -0.39 is 0 Å². The largest absolute Gasteiger partial charge is 0.352 e. The van der Waals surface area contributed by atoms with Crippen LogP contribution >= 0.6 is 28.6 Å². The summed E-state index contributed by atoms with van der Waals surface area (Å²) in [5, 5.41) is 6.55. The fourth-order valence-corrected chi connectivity index (χ4v) is 2.38. The number of aryl methyl sites for hydroxylation is 1. The highest BCUT2D eigenvalue weighted by Gasteiger charge is 2.10. The molecule has 1 aromatic heterocycles. The second-order valence-electron chi connectivity index (χ2n) is 3.90. The van der Waals surface area contributed by atoms with E-state index in [1.807, 2.05) is 0 Å². The number of thiol groups is 1. The molecule has 7 heteroatoms. The Labute approximate surface area is 124 Å². The zero-order chi connectivity index (χ0) is 13.8. The van der Waals surface area contributed by atoms with Crippen molar-refractivity contribution < 1.29 is 9.32 Å². The van der Waals surface area contributed by atoms with E-state index in [9.17, 15) is 4.79 Å². The lowest BCUT2D eigenvalue weighted by atomic mass is 10.2. The van der Waals surface area contributed by atoms with Crippen LogP contribution in [0.25, 0.3) is 0 Å². The van der Waals surface area contributed by atoms with Crippen molar-refractivity contribution in [1.29, 1.82) is 0 Å². The average molecular weight is 342 g/mol. The van der Waals surface area contributed by atoms with E-state index in [4.69, 9.17) is 4.52 Å². The molecule has 0 spiro atoms. The molecule has 1 heterocycles. The van der Waals surface area contributed by atoms with Gasteiger partial charge in [0.2, 0.25) is 5.89 Å². The number of benzene rings is 1. The lowest BCUT2D eigenvalue weighted by molar-refractivity contribution is 0.0951. The van der Waals surface area contributed by atoms with Gasteiger partial charge in [-0.05, 0) is 18.2 Å². The second kappa shape index (κ2) is 6.21. The number of rotatable bonds is 4. The first kappa shape index (κ1) is 14.1. The van der Waals surface area contributed by atoms with Gasteiger partial charge >= 0.3 is 0 Å². The minimum atomic E-state index is -0.169. The van der Waals surface area contributed by atoms with Crippen LogP contribution in [0.2, 0.25) is 0 Å². The van der Waals surface area contributed by atoms with Crippen molar-refractivity contribution in [3.63, 3.8) is 0 Å². The highest BCUT2D eigenvalue weighted by molar-refractivity contribution is 9.10. The Morgan fingerprint density at radius 2 is 2.32 bits per heavy atom. The molecule has 0 radical (unpaired) electrons. The van der Waals surface area contributed by atoms with Gasteiger partial charge in [0.1, 0.15) is 0 Å². The monoisotopic (exact) mass is 341 g/mol. The van der Waals surface area contributed by atoms with Crippen molar-refractivity contribution in [3.05, 3.63) is 40.0 Å². The van der Waals surface area contributed by atoms with Gasteiger partial charge in [-0.15, -0.1) is 12.6 Å². The van der Waals surface area contributed by atoms with Gasteiger partial charge in [-0.3, -0.25) is 4.79 Å². The molecule has 0 bridgehead atoms. The number of carbonyl (C=O) groups is 1. The Bertz CT molecular complexity index is 600. The van der Waals surface area contributed by atoms with Gasteiger partial charge in [0, 0.05) is 29.3 Å². The van der Waals surface area contributed by atoms with Gasteiger partial charge in [-0.25, -0.2) is 0 Å². The molecular formula is C12H12BrN3O2S. The molecule has 0 aliphatic heterocycles. The third-order valence-electron chi connectivity index (χ3n) is 2.41. The fourth-order valence-electron chi connectivity index (χ4n) is 1.52. The first-order chi connectivity index (χ1) is 9.06. The average Bonchev–Trinajstić information content (AvgIpc) is 2.75. The van der Waals surface area contributed by atoms with Gasteiger partial charge < -0.3 is 9.84 Å². The third kappa shape index (κ3) is 3.81. The van der Waals surface area contributed by atoms with Crippen LogP contribution in [0.5, 0.6) is 0 Å². The molecule has 2 rings (SSSR count). The Morgan fingerprint density at radius 3 is 2.95 bits per heavy atom. The number of carbonyl (C=O) groups excluding carboxylic acids is 1. The number of hydrogen-bond acceptors (Lipinski definition) is 5. The summed E-state index contributed by atoms with van der Waals surface area (Å²) in [6.45, 7) is 2.17. The van der Waals surface area contributed by atoms with E-state index in [2.05, 4.69) is 44.0 Å². The molecule has 0 atom stereocenters. The summed E-state index contributed by atoms with van der Waals surface area (Å²) in [6, 6.07) is 5.30. The van der Waals surface area contributed by atoms with Crippen LogP contribution in [0.1, 0.15) is 22.1 Å². The minimum Gasteiger partial charge on any atom is -0.352 e. The van der Waals surface area contributed by atoms with Crippen LogP contribution in [-0.2, 0) is 6.42 Å². The normalized spacial score (nSPS) is 10.5. The van der Waals surface area contributed by atoms with Gasteiger partial charge in [-0.2, -0.15) is 4.98 Å². The summed E-state index contributed by atoms with van der Waals surface area (Å²) in [4.78, 5) is 16.6. The molecule has 0 unspecified atom stereocenters. The van der Waals surface area contributed by atoms with E-state index in [0.29, 0.717) is 35.1 Å². The Morgan fingerprint density at radius 1 is 1.53 bits per heavy atom. The maximum absolute atomic E-state index is 11.9. The quantitative estimate of drug-likeness (QED) is 0.838. The van der Waals surface area contributed by atoms with Crippen molar-refractivity contribution in [2.75, 3.05) is 6.54 Å². The highest BCUT2D eigenvalue weighted by Crippen LogP contribution is 2.19. The van der Waals surface area contributed by atoms with Crippen LogP contribution in [0.15, 0.2) is 32.1 Å². The SMILES string of the molecule is Cc1nc(CCNC(=O)c2ccc(Br)cc2S)no1. The molecule has 0 aliphatic rings. The first-order valence-corrected chi connectivity index (χ1v) is 6.86. The molecule has 1 N–H and O–H groups in total. The maximum atomic E-state index is 11.9. The van der Waals surface area contributed by atoms with Crippen molar-refractivity contribution in [1.82, 2.24) is 15.5 Å². The number of hydrogen-bond donors (Lipinski definition) is 2. The van der Waals surface area contributed by atoms with E-state index in [-0.39, 0.29) is 5.91 Å². The summed E-state index contributed by atoms with van der Waals surface area (Å²) >= 11 is 7.60. The standard InChI is InChI=1S/C12H12BrN3O2S/c1-7-15-11(16-18-7)4-5-14-12(17)9-3-2-8(13)6-10(9)19/h2-3,6,19H,4-5H2,1H3,(H,14,17). The molecule has 1 amide bonds. The van der Waals surface area contributed by atoms with Crippen molar-refractivity contribution in [3.8, 4) is 0 Å². The maximum Gasteiger partial charge on any atom is 0.252 e. The van der Waals surface area contributed by atoms with Crippen molar-refractivity contribution >= 4 is 34.5 Å². The number of nitrogens with zero attached hydrogens (tertiary/aromatic N) is 2. The Balaban J connectivity index is 1.90. The van der Waals surface area contributed by atoms with E-state index >= 15 is 0 Å². The minimum absolute atomic E-state index is 0.169. The molecule has 0 saturated heterocycles. The summed E-state index contributed by atoms with van der Waals surface area (Å²) < 4.78 is 5.73. The third-order valence-corrected chi connectivity index (χ3v) is 3.27. The smallest absolute Gasteiger partial charge is 0.252 e. The molecule has 100 valence electrons. The van der Waals surface area contributed by atoms with Crippen LogP contribution in [0.4, 0.5) is 0 Å². The Kier molecular flexibility index (Phi) is 4.60. The molecule has 0 fully saturated rings. The van der Waals surface area contributed by atoms with Gasteiger partial charge in [0.25, 0.3) is 5.91 Å². The number of halogens is 1. The summed E-state index contributed by atoms with van der Waals surface area (Å²) in [5.74, 6) is 0.935. The van der Waals surface area contributed by atoms with Crippen molar-refractivity contribution in [2.45, 2.75) is 18.2 Å². The fraction of sp³-hybridized carbons (Fsp3) is 0.250. The van der Waals surface area contributed by atoms with Crippen LogP contribution in [0, 0.1) is 6.92 Å². The van der Waals surface area contributed by atoms with Crippen LogP contribution in [-0.4, -0.2) is 22.6 Å². The van der Waals surface area contributed by atoms with E-state index in [1.54, 1.807) is 25.1 Å². The predicted molar refractivity (Wildman–Crippen MR) is 76.5 cm³/mol. The summed E-state index contributed by atoms with van der Waals surface area (Å²) in [5.41, 5.74) is 0.538. The number of nitrogens with one attached hydrogen (secondary N) is 1. The lowest BCUT2D eigenvalue weighted by Gasteiger charge is -2.06. The van der Waals surface area contributed by atoms with Gasteiger partial charge in [-0.1, -0.05) is 21.1 Å². The van der Waals surface area contributed by atoms with E-state index in [0.717, 1.165) is 4.47 Å². The summed E-state index contributed by atoms with van der Waals surface area (Å²) in [6.07, 6.45) is 0.529. The number of amides is 1. The van der Waals surface area contributed by atoms with Crippen molar-refractivity contribution in [2.24, 2.45) is 0 Å². The molecular weight excluding hydrogens is 330 g/mol. The van der Waals surface area contributed by atoms with Crippen LogP contribution < -0.4 is 5.32 Å². The molecule has 2 aromatic rings. The van der Waals surface area contributed by atoms with E-state index in [1.165, 1.54) is 0 Å². The summed E-state index contributed by atoms with van der Waals surface area (Å²) in [7, 11) is 0. The second-order valence-corrected chi connectivity index (χ2v) is 5.29.